The second-order valence-electron chi connectivity index (χ2n) is 4.03. The van der Waals surface area contributed by atoms with Gasteiger partial charge >= 0.3 is 0 Å². The van der Waals surface area contributed by atoms with Gasteiger partial charge in [-0.1, -0.05) is 19.1 Å². The first kappa shape index (κ1) is 13.1. The number of nitrogens with zero attached hydrogens (tertiary/aromatic N) is 1. The maximum atomic E-state index is 11.7. The van der Waals surface area contributed by atoms with E-state index in [1.165, 1.54) is 18.9 Å². The minimum Gasteiger partial charge on any atom is -0.489 e. The van der Waals surface area contributed by atoms with Crippen LogP contribution in [0.5, 0.6) is 11.8 Å². The fourth-order valence-corrected chi connectivity index (χ4v) is 1.59. The molecule has 0 bridgehead atoms. The van der Waals surface area contributed by atoms with E-state index in [1.807, 2.05) is 24.3 Å². The van der Waals surface area contributed by atoms with Crippen molar-refractivity contribution in [2.24, 2.45) is 0 Å². The van der Waals surface area contributed by atoms with Crippen molar-refractivity contribution in [2.45, 2.75) is 20.0 Å². The maximum absolute atomic E-state index is 11.7. The van der Waals surface area contributed by atoms with Crippen LogP contribution in [0.1, 0.15) is 18.1 Å². The maximum Gasteiger partial charge on any atom is 0.296 e. The largest absolute Gasteiger partial charge is 0.489 e. The molecule has 1 aromatic heterocycles. The van der Waals surface area contributed by atoms with Crippen molar-refractivity contribution in [2.75, 3.05) is 7.11 Å². The topological polar surface area (TPSA) is 64.2 Å². The number of aromatic nitrogens is 2. The van der Waals surface area contributed by atoms with Crippen molar-refractivity contribution in [3.63, 3.8) is 0 Å². The number of rotatable bonds is 5. The van der Waals surface area contributed by atoms with Gasteiger partial charge in [-0.3, -0.25) is 9.78 Å². The molecule has 2 rings (SSSR count). The number of ether oxygens (including phenoxy) is 2. The molecule has 0 aliphatic carbocycles. The summed E-state index contributed by atoms with van der Waals surface area (Å²) in [6.45, 7) is 2.27. The molecule has 0 unspecified atom stereocenters. The summed E-state index contributed by atoms with van der Waals surface area (Å²) in [7, 11) is 1.45. The number of hydrogen-bond donors (Lipinski definition) is 1. The first-order valence-electron chi connectivity index (χ1n) is 6.07. The van der Waals surface area contributed by atoms with Gasteiger partial charge in [-0.05, 0) is 24.1 Å². The van der Waals surface area contributed by atoms with E-state index in [2.05, 4.69) is 16.9 Å². The summed E-state index contributed by atoms with van der Waals surface area (Å²) in [6.07, 6.45) is 2.44. The molecule has 1 N–H and O–H groups in total. The summed E-state index contributed by atoms with van der Waals surface area (Å²) in [5.74, 6) is 0.729. The van der Waals surface area contributed by atoms with E-state index in [1.54, 1.807) is 0 Å². The molecule has 5 heteroatoms. The Balaban J connectivity index is 2.03. The average Bonchev–Trinajstić information content (AvgIpc) is 2.46. The van der Waals surface area contributed by atoms with Crippen molar-refractivity contribution in [3.8, 4) is 11.8 Å². The van der Waals surface area contributed by atoms with Gasteiger partial charge in [0.15, 0.2) is 0 Å². The van der Waals surface area contributed by atoms with Crippen LogP contribution in [0.3, 0.4) is 0 Å². The van der Waals surface area contributed by atoms with Gasteiger partial charge in [0.25, 0.3) is 11.6 Å². The average molecular weight is 260 g/mol. The smallest absolute Gasteiger partial charge is 0.296 e. The zero-order valence-corrected chi connectivity index (χ0v) is 11.0. The van der Waals surface area contributed by atoms with Gasteiger partial charge in [0.1, 0.15) is 12.4 Å². The molecule has 0 atom stereocenters. The standard InChI is InChI=1S/C14H16N2O3/c1-3-10-4-6-12(7-5-10)19-9-11-8-15-14(18-2)16-13(11)17/h4-8H,3,9H2,1-2H3,(H,15,16,17). The number of hydrogen-bond acceptors (Lipinski definition) is 4. The Morgan fingerprint density at radius 3 is 2.58 bits per heavy atom. The van der Waals surface area contributed by atoms with Gasteiger partial charge in [0.05, 0.1) is 12.7 Å². The molecule has 100 valence electrons. The van der Waals surface area contributed by atoms with E-state index < -0.39 is 0 Å². The summed E-state index contributed by atoms with van der Waals surface area (Å²) in [5.41, 5.74) is 1.45. The predicted molar refractivity (Wildman–Crippen MR) is 71.6 cm³/mol. The molecule has 0 aliphatic rings. The van der Waals surface area contributed by atoms with Crippen molar-refractivity contribution in [3.05, 3.63) is 51.9 Å². The third-order valence-electron chi connectivity index (χ3n) is 2.77. The lowest BCUT2D eigenvalue weighted by molar-refractivity contribution is 0.302. The molecule has 0 aliphatic heterocycles. The van der Waals surface area contributed by atoms with Crippen LogP contribution in [-0.4, -0.2) is 17.1 Å². The van der Waals surface area contributed by atoms with Gasteiger partial charge in [-0.15, -0.1) is 0 Å². The molecular weight excluding hydrogens is 244 g/mol. The normalized spacial score (nSPS) is 10.2. The second-order valence-corrected chi connectivity index (χ2v) is 4.03. The molecule has 0 saturated carbocycles. The number of nitrogens with one attached hydrogen (secondary N) is 1. The number of aryl methyl sites for hydroxylation is 1. The Kier molecular flexibility index (Phi) is 4.18. The molecular formula is C14H16N2O3. The van der Waals surface area contributed by atoms with E-state index in [9.17, 15) is 4.79 Å². The van der Waals surface area contributed by atoms with Crippen molar-refractivity contribution in [1.82, 2.24) is 9.97 Å². The summed E-state index contributed by atoms with van der Waals surface area (Å²) >= 11 is 0. The van der Waals surface area contributed by atoms with Crippen LogP contribution in [0.25, 0.3) is 0 Å². The van der Waals surface area contributed by atoms with Crippen LogP contribution in [0, 0.1) is 0 Å². The summed E-state index contributed by atoms with van der Waals surface area (Å²) < 4.78 is 10.4. The predicted octanol–water partition coefficient (Wildman–Crippen LogP) is 1.92. The van der Waals surface area contributed by atoms with Gasteiger partial charge < -0.3 is 9.47 Å². The van der Waals surface area contributed by atoms with Crippen LogP contribution in [0.2, 0.25) is 0 Å². The monoisotopic (exact) mass is 260 g/mol. The zero-order chi connectivity index (χ0) is 13.7. The zero-order valence-electron chi connectivity index (χ0n) is 11.0. The Morgan fingerprint density at radius 2 is 2.00 bits per heavy atom. The second kappa shape index (κ2) is 6.04. The summed E-state index contributed by atoms with van der Waals surface area (Å²) in [6, 6.07) is 7.99. The van der Waals surface area contributed by atoms with Crippen molar-refractivity contribution < 1.29 is 9.47 Å². The number of benzene rings is 1. The van der Waals surface area contributed by atoms with E-state index in [-0.39, 0.29) is 18.2 Å². The SMILES string of the molecule is CCc1ccc(OCc2cnc(OC)[nH]c2=O)cc1. The highest BCUT2D eigenvalue weighted by atomic mass is 16.5. The highest BCUT2D eigenvalue weighted by Crippen LogP contribution is 2.13. The Hall–Kier alpha value is -2.30. The highest BCUT2D eigenvalue weighted by molar-refractivity contribution is 5.27. The van der Waals surface area contributed by atoms with Gasteiger partial charge in [0, 0.05) is 6.20 Å². The van der Waals surface area contributed by atoms with Crippen LogP contribution < -0.4 is 15.0 Å². The van der Waals surface area contributed by atoms with E-state index >= 15 is 0 Å². The van der Waals surface area contributed by atoms with E-state index in [4.69, 9.17) is 9.47 Å². The minimum absolute atomic E-state index is 0.178. The molecule has 19 heavy (non-hydrogen) atoms. The fraction of sp³-hybridized carbons (Fsp3) is 0.286. The van der Waals surface area contributed by atoms with Gasteiger partial charge in [-0.25, -0.2) is 4.98 Å². The van der Waals surface area contributed by atoms with Crippen molar-refractivity contribution >= 4 is 0 Å². The number of methoxy groups -OCH3 is 1. The lowest BCUT2D eigenvalue weighted by atomic mass is 10.2. The van der Waals surface area contributed by atoms with Crippen LogP contribution in [0.4, 0.5) is 0 Å². The first-order chi connectivity index (χ1) is 9.22. The molecule has 0 amide bonds. The fourth-order valence-electron chi connectivity index (χ4n) is 1.59. The van der Waals surface area contributed by atoms with Crippen LogP contribution >= 0.6 is 0 Å². The molecule has 0 fully saturated rings. The van der Waals surface area contributed by atoms with Gasteiger partial charge in [-0.2, -0.15) is 0 Å². The molecule has 1 heterocycles. The lowest BCUT2D eigenvalue weighted by Gasteiger charge is -2.06. The first-order valence-corrected chi connectivity index (χ1v) is 6.07. The Labute approximate surface area is 111 Å². The Morgan fingerprint density at radius 1 is 1.26 bits per heavy atom. The van der Waals surface area contributed by atoms with E-state index in [0.717, 1.165) is 12.2 Å². The molecule has 5 nitrogen and oxygen atoms in total. The Bertz CT molecular complexity index is 590. The van der Waals surface area contributed by atoms with E-state index in [0.29, 0.717) is 5.56 Å². The molecule has 0 saturated heterocycles. The molecule has 0 spiro atoms. The lowest BCUT2D eigenvalue weighted by Crippen LogP contribution is -2.16. The van der Waals surface area contributed by atoms with Gasteiger partial charge in [0.2, 0.25) is 0 Å². The third-order valence-corrected chi connectivity index (χ3v) is 2.77. The molecule has 1 aromatic carbocycles. The number of H-pyrrole nitrogens is 1. The van der Waals surface area contributed by atoms with Crippen molar-refractivity contribution in [1.29, 1.82) is 0 Å². The molecule has 0 radical (unpaired) electrons. The third kappa shape index (κ3) is 3.34. The quantitative estimate of drug-likeness (QED) is 0.892. The molecule has 2 aromatic rings. The summed E-state index contributed by atoms with van der Waals surface area (Å²) in [5, 5.41) is 0. The van der Waals surface area contributed by atoms with Crippen LogP contribution in [-0.2, 0) is 13.0 Å². The number of aromatic amines is 1. The summed E-state index contributed by atoms with van der Waals surface area (Å²) in [4.78, 5) is 18.1. The highest BCUT2D eigenvalue weighted by Gasteiger charge is 2.04. The van der Waals surface area contributed by atoms with Crippen LogP contribution in [0.15, 0.2) is 35.3 Å². The minimum atomic E-state index is -0.253.